The second-order valence-corrected chi connectivity index (χ2v) is 4.55. The Hall–Kier alpha value is -3.02. The third-order valence-corrected chi connectivity index (χ3v) is 2.83. The molecule has 2 N–H and O–H groups in total. The minimum atomic E-state index is -1.09. The van der Waals surface area contributed by atoms with Crippen molar-refractivity contribution < 1.29 is 24.5 Å². The first-order valence-electron chi connectivity index (χ1n) is 6.56. The number of hydrogen-bond acceptors (Lipinski definition) is 4. The van der Waals surface area contributed by atoms with Crippen LogP contribution in [-0.2, 0) is 9.59 Å². The van der Waals surface area contributed by atoms with Crippen molar-refractivity contribution in [2.45, 2.75) is 0 Å². The van der Waals surface area contributed by atoms with Crippen LogP contribution in [0.2, 0.25) is 0 Å². The van der Waals surface area contributed by atoms with E-state index in [-0.39, 0.29) is 13.1 Å². The van der Waals surface area contributed by atoms with Crippen molar-refractivity contribution >= 4 is 17.6 Å². The lowest BCUT2D eigenvalue weighted by Crippen LogP contribution is -2.34. The molecule has 0 aliphatic carbocycles. The van der Waals surface area contributed by atoms with Gasteiger partial charge >= 0.3 is 11.9 Å². The van der Waals surface area contributed by atoms with Crippen molar-refractivity contribution in [3.05, 3.63) is 54.6 Å². The van der Waals surface area contributed by atoms with Gasteiger partial charge in [0.25, 0.3) is 0 Å². The molecular weight excluding hydrogens is 286 g/mol. The SMILES string of the molecule is O=C(O)CN(CC(=O)O)c1ccc(Oc2ccccc2)cc1. The molecule has 0 bridgehead atoms. The fraction of sp³-hybridized carbons (Fsp3) is 0.125. The van der Waals surface area contributed by atoms with E-state index in [1.165, 1.54) is 4.90 Å². The molecule has 0 radical (unpaired) electrons. The van der Waals surface area contributed by atoms with E-state index >= 15 is 0 Å². The summed E-state index contributed by atoms with van der Waals surface area (Å²) in [5, 5.41) is 17.7. The van der Waals surface area contributed by atoms with Crippen LogP contribution in [0.4, 0.5) is 5.69 Å². The summed E-state index contributed by atoms with van der Waals surface area (Å²) < 4.78 is 5.62. The summed E-state index contributed by atoms with van der Waals surface area (Å²) in [5.41, 5.74) is 0.505. The van der Waals surface area contributed by atoms with Crippen molar-refractivity contribution in [1.29, 1.82) is 0 Å². The Morgan fingerprint density at radius 1 is 0.818 bits per heavy atom. The smallest absolute Gasteiger partial charge is 0.323 e. The normalized spacial score (nSPS) is 10.0. The molecule has 0 unspecified atom stereocenters. The van der Waals surface area contributed by atoms with Crippen molar-refractivity contribution in [3.8, 4) is 11.5 Å². The van der Waals surface area contributed by atoms with Crippen LogP contribution in [0.1, 0.15) is 0 Å². The first-order valence-corrected chi connectivity index (χ1v) is 6.56. The number of carboxylic acid groups (broad SMARTS) is 2. The van der Waals surface area contributed by atoms with Gasteiger partial charge in [-0.15, -0.1) is 0 Å². The van der Waals surface area contributed by atoms with Crippen molar-refractivity contribution in [2.75, 3.05) is 18.0 Å². The minimum Gasteiger partial charge on any atom is -0.480 e. The molecule has 0 atom stereocenters. The molecule has 6 nitrogen and oxygen atoms in total. The van der Waals surface area contributed by atoms with Gasteiger partial charge in [-0.05, 0) is 36.4 Å². The summed E-state index contributed by atoms with van der Waals surface area (Å²) in [6, 6.07) is 15.8. The van der Waals surface area contributed by atoms with Crippen LogP contribution in [0.3, 0.4) is 0 Å². The zero-order chi connectivity index (χ0) is 15.9. The van der Waals surface area contributed by atoms with Gasteiger partial charge in [0.05, 0.1) is 0 Å². The van der Waals surface area contributed by atoms with E-state index < -0.39 is 11.9 Å². The van der Waals surface area contributed by atoms with E-state index in [1.54, 1.807) is 24.3 Å². The molecule has 0 amide bonds. The zero-order valence-corrected chi connectivity index (χ0v) is 11.7. The van der Waals surface area contributed by atoms with Crippen LogP contribution in [0.15, 0.2) is 54.6 Å². The summed E-state index contributed by atoms with van der Waals surface area (Å²) in [4.78, 5) is 22.9. The number of carboxylic acids is 2. The molecule has 114 valence electrons. The molecule has 0 spiro atoms. The molecule has 0 aliphatic rings. The van der Waals surface area contributed by atoms with Crippen molar-refractivity contribution in [1.82, 2.24) is 0 Å². The van der Waals surface area contributed by atoms with Crippen LogP contribution < -0.4 is 9.64 Å². The van der Waals surface area contributed by atoms with Gasteiger partial charge in [-0.25, -0.2) is 0 Å². The van der Waals surface area contributed by atoms with Gasteiger partial charge in [-0.2, -0.15) is 0 Å². The van der Waals surface area contributed by atoms with Gasteiger partial charge in [-0.3, -0.25) is 9.59 Å². The number of nitrogens with zero attached hydrogens (tertiary/aromatic N) is 1. The Morgan fingerprint density at radius 3 is 1.82 bits per heavy atom. The number of carbonyl (C=O) groups is 2. The lowest BCUT2D eigenvalue weighted by atomic mass is 10.2. The maximum Gasteiger partial charge on any atom is 0.323 e. The van der Waals surface area contributed by atoms with E-state index in [0.29, 0.717) is 17.2 Å². The lowest BCUT2D eigenvalue weighted by Gasteiger charge is -2.20. The number of benzene rings is 2. The number of ether oxygens (including phenoxy) is 1. The minimum absolute atomic E-state index is 0.384. The van der Waals surface area contributed by atoms with E-state index in [0.717, 1.165) is 0 Å². The third kappa shape index (κ3) is 4.52. The fourth-order valence-corrected chi connectivity index (χ4v) is 1.91. The Bertz CT molecular complexity index is 623. The average molecular weight is 301 g/mol. The van der Waals surface area contributed by atoms with Gasteiger partial charge in [0.1, 0.15) is 24.6 Å². The van der Waals surface area contributed by atoms with E-state index in [1.807, 2.05) is 30.3 Å². The highest BCUT2D eigenvalue weighted by Crippen LogP contribution is 2.24. The predicted octanol–water partition coefficient (Wildman–Crippen LogP) is 2.45. The molecular formula is C16H15NO5. The largest absolute Gasteiger partial charge is 0.480 e. The van der Waals surface area contributed by atoms with Gasteiger partial charge in [0.15, 0.2) is 0 Å². The maximum absolute atomic E-state index is 10.8. The van der Waals surface area contributed by atoms with E-state index in [4.69, 9.17) is 14.9 Å². The molecule has 6 heteroatoms. The molecule has 0 fully saturated rings. The van der Waals surface area contributed by atoms with Crippen LogP contribution >= 0.6 is 0 Å². The van der Waals surface area contributed by atoms with Gasteiger partial charge in [0.2, 0.25) is 0 Å². The predicted molar refractivity (Wildman–Crippen MR) is 80.4 cm³/mol. The summed E-state index contributed by atoms with van der Waals surface area (Å²) in [6.45, 7) is -0.767. The van der Waals surface area contributed by atoms with Gasteiger partial charge in [-0.1, -0.05) is 18.2 Å². The molecule has 0 saturated heterocycles. The topological polar surface area (TPSA) is 87.1 Å². The van der Waals surface area contributed by atoms with Gasteiger partial charge < -0.3 is 19.8 Å². The number of anilines is 1. The summed E-state index contributed by atoms with van der Waals surface area (Å²) in [6.07, 6.45) is 0. The van der Waals surface area contributed by atoms with Crippen molar-refractivity contribution in [2.24, 2.45) is 0 Å². The van der Waals surface area contributed by atoms with Crippen LogP contribution in [0.25, 0.3) is 0 Å². The van der Waals surface area contributed by atoms with Crippen LogP contribution in [0.5, 0.6) is 11.5 Å². The third-order valence-electron chi connectivity index (χ3n) is 2.83. The molecule has 2 aromatic rings. The quantitative estimate of drug-likeness (QED) is 0.817. The van der Waals surface area contributed by atoms with E-state index in [2.05, 4.69) is 0 Å². The molecule has 0 heterocycles. The summed E-state index contributed by atoms with van der Waals surface area (Å²) in [7, 11) is 0. The fourth-order valence-electron chi connectivity index (χ4n) is 1.91. The molecule has 2 rings (SSSR count). The molecule has 0 aliphatic heterocycles. The Labute approximate surface area is 127 Å². The summed E-state index contributed by atoms with van der Waals surface area (Å²) >= 11 is 0. The highest BCUT2D eigenvalue weighted by Gasteiger charge is 2.14. The zero-order valence-electron chi connectivity index (χ0n) is 11.7. The Kier molecular flexibility index (Phi) is 4.98. The monoisotopic (exact) mass is 301 g/mol. The number of aliphatic carboxylic acids is 2. The van der Waals surface area contributed by atoms with Gasteiger partial charge in [0, 0.05) is 5.69 Å². The number of hydrogen-bond donors (Lipinski definition) is 2. The molecule has 0 aromatic heterocycles. The van der Waals surface area contributed by atoms with Crippen molar-refractivity contribution in [3.63, 3.8) is 0 Å². The standard InChI is InChI=1S/C16H15NO5/c18-15(19)10-17(11-16(20)21)12-6-8-14(9-7-12)22-13-4-2-1-3-5-13/h1-9H,10-11H2,(H,18,19)(H,20,21). The second kappa shape index (κ2) is 7.12. The number of rotatable bonds is 7. The van der Waals surface area contributed by atoms with Crippen LogP contribution in [-0.4, -0.2) is 35.2 Å². The highest BCUT2D eigenvalue weighted by molar-refractivity contribution is 5.79. The average Bonchev–Trinajstić information content (AvgIpc) is 2.47. The first kappa shape index (κ1) is 15.4. The Morgan fingerprint density at radius 2 is 1.32 bits per heavy atom. The molecule has 22 heavy (non-hydrogen) atoms. The van der Waals surface area contributed by atoms with E-state index in [9.17, 15) is 9.59 Å². The summed E-state index contributed by atoms with van der Waals surface area (Å²) in [5.74, 6) is -0.916. The second-order valence-electron chi connectivity index (χ2n) is 4.55. The highest BCUT2D eigenvalue weighted by atomic mass is 16.5. The van der Waals surface area contributed by atoms with Crippen LogP contribution in [0, 0.1) is 0 Å². The molecule has 2 aromatic carbocycles. The first-order chi connectivity index (χ1) is 10.5. The molecule has 0 saturated carbocycles. The lowest BCUT2D eigenvalue weighted by molar-refractivity contribution is -0.136. The maximum atomic E-state index is 10.8. The number of para-hydroxylation sites is 1. The Balaban J connectivity index is 2.11.